The molecular formula is C15H15N3S. The van der Waals surface area contributed by atoms with Crippen LogP contribution in [0.3, 0.4) is 0 Å². The van der Waals surface area contributed by atoms with Gasteiger partial charge in [0.05, 0.1) is 26.1 Å². The van der Waals surface area contributed by atoms with Crippen LogP contribution in [0.1, 0.15) is 6.92 Å². The molecule has 96 valence electrons. The molecule has 1 N–H and O–H groups in total. The van der Waals surface area contributed by atoms with E-state index in [9.17, 15) is 0 Å². The number of anilines is 1. The predicted octanol–water partition coefficient (Wildman–Crippen LogP) is 3.36. The quantitative estimate of drug-likeness (QED) is 0.724. The Morgan fingerprint density at radius 2 is 2.11 bits per heavy atom. The van der Waals surface area contributed by atoms with E-state index < -0.39 is 0 Å². The second-order valence-corrected chi connectivity index (χ2v) is 5.36. The highest BCUT2D eigenvalue weighted by molar-refractivity contribution is 7.21. The van der Waals surface area contributed by atoms with Crippen LogP contribution in [0.4, 0.5) is 5.69 Å². The first kappa shape index (κ1) is 12.1. The summed E-state index contributed by atoms with van der Waals surface area (Å²) in [5.41, 5.74) is 3.18. The van der Waals surface area contributed by atoms with Gasteiger partial charge in [-0.2, -0.15) is 0 Å². The van der Waals surface area contributed by atoms with Gasteiger partial charge in [0, 0.05) is 19.3 Å². The summed E-state index contributed by atoms with van der Waals surface area (Å²) in [6.45, 7) is 2.85. The predicted molar refractivity (Wildman–Crippen MR) is 81.9 cm³/mol. The van der Waals surface area contributed by atoms with E-state index in [-0.39, 0.29) is 0 Å². The number of hydrogen-bond donors (Lipinski definition) is 1. The van der Waals surface area contributed by atoms with Crippen LogP contribution in [0.2, 0.25) is 0 Å². The van der Waals surface area contributed by atoms with Crippen LogP contribution in [0.15, 0.2) is 41.4 Å². The third-order valence-electron chi connectivity index (χ3n) is 2.99. The summed E-state index contributed by atoms with van der Waals surface area (Å²) in [7, 11) is 1.93. The minimum absolute atomic E-state index is 0.807. The molecule has 1 heterocycles. The maximum absolute atomic E-state index is 4.70. The highest BCUT2D eigenvalue weighted by Crippen LogP contribution is 2.30. The van der Waals surface area contributed by atoms with Crippen LogP contribution in [-0.4, -0.2) is 18.6 Å². The minimum Gasteiger partial charge on any atom is -0.388 e. The molecule has 1 aliphatic carbocycles. The monoisotopic (exact) mass is 269 g/mol. The van der Waals surface area contributed by atoms with E-state index in [2.05, 4.69) is 34.6 Å². The van der Waals surface area contributed by atoms with Gasteiger partial charge in [0.2, 0.25) is 0 Å². The molecule has 1 aromatic carbocycles. The van der Waals surface area contributed by atoms with Crippen LogP contribution >= 0.6 is 11.3 Å². The SMILES string of the molecule is CC/N=c1\ccc2nc3ccc(NC)cc3sc-2c1. The fraction of sp³-hybridized carbons (Fsp3) is 0.200. The maximum Gasteiger partial charge on any atom is 0.0811 e. The highest BCUT2D eigenvalue weighted by atomic mass is 32.1. The van der Waals surface area contributed by atoms with E-state index in [1.165, 1.54) is 9.58 Å². The van der Waals surface area contributed by atoms with Crippen LogP contribution in [-0.2, 0) is 0 Å². The Bertz CT molecular complexity index is 761. The molecule has 0 fully saturated rings. The molecule has 0 amide bonds. The number of hydrogen-bond acceptors (Lipinski definition) is 4. The standard InChI is InChI=1S/C15H15N3S/c1-3-17-11-5-7-13-15(9-11)19-14-8-10(16-2)4-6-12(14)18-13/h4-9,16H,3H2,1-2H3/b17-11+. The Balaban J connectivity index is 2.28. The molecule has 0 atom stereocenters. The lowest BCUT2D eigenvalue weighted by atomic mass is 10.2. The molecule has 0 unspecified atom stereocenters. The molecule has 3 nitrogen and oxygen atoms in total. The average molecular weight is 269 g/mol. The second kappa shape index (κ2) is 4.97. The number of aromatic nitrogens is 1. The second-order valence-electron chi connectivity index (χ2n) is 4.27. The number of fused-ring (bicyclic) bond motifs is 2. The van der Waals surface area contributed by atoms with Crippen molar-refractivity contribution in [3.05, 3.63) is 41.8 Å². The molecule has 0 radical (unpaired) electrons. The maximum atomic E-state index is 4.70. The summed E-state index contributed by atoms with van der Waals surface area (Å²) < 4.78 is 1.19. The molecule has 0 spiro atoms. The Morgan fingerprint density at radius 3 is 2.89 bits per heavy atom. The molecule has 4 heteroatoms. The first-order valence-electron chi connectivity index (χ1n) is 6.33. The van der Waals surface area contributed by atoms with E-state index in [0.29, 0.717) is 0 Å². The normalized spacial score (nSPS) is 12.2. The van der Waals surface area contributed by atoms with Gasteiger partial charge in [0.25, 0.3) is 0 Å². The Labute approximate surface area is 116 Å². The molecular weight excluding hydrogens is 254 g/mol. The van der Waals surface area contributed by atoms with Crippen LogP contribution in [0.5, 0.6) is 0 Å². The van der Waals surface area contributed by atoms with Crippen molar-refractivity contribution in [3.8, 4) is 10.6 Å². The fourth-order valence-electron chi connectivity index (χ4n) is 2.05. The summed E-state index contributed by atoms with van der Waals surface area (Å²) in [5.74, 6) is 0. The molecule has 19 heavy (non-hydrogen) atoms. The van der Waals surface area contributed by atoms with Crippen molar-refractivity contribution < 1.29 is 0 Å². The van der Waals surface area contributed by atoms with Crippen molar-refractivity contribution in [2.24, 2.45) is 4.99 Å². The molecule has 0 bridgehead atoms. The van der Waals surface area contributed by atoms with Crippen LogP contribution in [0.25, 0.3) is 20.8 Å². The number of rotatable bonds is 2. The topological polar surface area (TPSA) is 37.3 Å². The zero-order valence-electron chi connectivity index (χ0n) is 11.0. The van der Waals surface area contributed by atoms with E-state index in [1.807, 2.05) is 26.1 Å². The largest absolute Gasteiger partial charge is 0.388 e. The lowest BCUT2D eigenvalue weighted by Gasteiger charge is -2.07. The van der Waals surface area contributed by atoms with E-state index >= 15 is 0 Å². The molecule has 0 aromatic heterocycles. The summed E-state index contributed by atoms with van der Waals surface area (Å²) in [6.07, 6.45) is 0. The highest BCUT2D eigenvalue weighted by Gasteiger charge is 2.07. The van der Waals surface area contributed by atoms with Crippen molar-refractivity contribution in [1.29, 1.82) is 0 Å². The molecule has 1 aromatic rings. The van der Waals surface area contributed by atoms with Crippen molar-refractivity contribution >= 4 is 27.2 Å². The van der Waals surface area contributed by atoms with Crippen LogP contribution < -0.4 is 10.7 Å². The summed E-state index contributed by atoms with van der Waals surface area (Å²) in [5, 5.41) is 4.18. The summed E-state index contributed by atoms with van der Waals surface area (Å²) >= 11 is 1.76. The number of nitrogens with one attached hydrogen (secondary N) is 1. The van der Waals surface area contributed by atoms with Gasteiger partial charge < -0.3 is 5.32 Å². The zero-order valence-corrected chi connectivity index (χ0v) is 11.8. The van der Waals surface area contributed by atoms with Gasteiger partial charge in [-0.3, -0.25) is 4.99 Å². The average Bonchev–Trinajstić information content (AvgIpc) is 2.45. The van der Waals surface area contributed by atoms with Crippen molar-refractivity contribution in [1.82, 2.24) is 4.98 Å². The third-order valence-corrected chi connectivity index (χ3v) is 4.09. The van der Waals surface area contributed by atoms with E-state index in [4.69, 9.17) is 4.98 Å². The first-order chi connectivity index (χ1) is 9.30. The molecule has 3 rings (SSSR count). The van der Waals surface area contributed by atoms with E-state index in [0.717, 1.165) is 28.8 Å². The van der Waals surface area contributed by atoms with Gasteiger partial charge in [0.1, 0.15) is 0 Å². The number of nitrogens with zero attached hydrogens (tertiary/aromatic N) is 2. The smallest absolute Gasteiger partial charge is 0.0811 e. The van der Waals surface area contributed by atoms with Gasteiger partial charge >= 0.3 is 0 Å². The number of benzene rings is 2. The van der Waals surface area contributed by atoms with Gasteiger partial charge in [0.15, 0.2) is 0 Å². The van der Waals surface area contributed by atoms with Crippen molar-refractivity contribution in [2.75, 3.05) is 18.9 Å². The third kappa shape index (κ3) is 2.31. The summed E-state index contributed by atoms with van der Waals surface area (Å²) in [6, 6.07) is 12.4. The molecule has 0 saturated heterocycles. The van der Waals surface area contributed by atoms with Crippen molar-refractivity contribution in [3.63, 3.8) is 0 Å². The van der Waals surface area contributed by atoms with Gasteiger partial charge in [-0.15, -0.1) is 11.3 Å². The van der Waals surface area contributed by atoms with Gasteiger partial charge in [-0.05, 0) is 43.3 Å². The Hall–Kier alpha value is -1.94. The fourth-order valence-corrected chi connectivity index (χ4v) is 3.09. The van der Waals surface area contributed by atoms with E-state index in [1.54, 1.807) is 11.3 Å². The molecule has 2 aliphatic rings. The lowest BCUT2D eigenvalue weighted by Crippen LogP contribution is -2.02. The summed E-state index contributed by atoms with van der Waals surface area (Å²) in [4.78, 5) is 10.3. The Kier molecular flexibility index (Phi) is 3.17. The first-order valence-corrected chi connectivity index (χ1v) is 7.14. The van der Waals surface area contributed by atoms with Gasteiger partial charge in [-0.25, -0.2) is 4.98 Å². The Morgan fingerprint density at radius 1 is 1.21 bits per heavy atom. The van der Waals surface area contributed by atoms with Crippen molar-refractivity contribution in [2.45, 2.75) is 6.92 Å². The van der Waals surface area contributed by atoms with Gasteiger partial charge in [-0.1, -0.05) is 0 Å². The zero-order chi connectivity index (χ0) is 13.2. The lowest BCUT2D eigenvalue weighted by molar-refractivity contribution is 1.06. The van der Waals surface area contributed by atoms with Crippen LogP contribution in [0, 0.1) is 0 Å². The minimum atomic E-state index is 0.807. The molecule has 0 saturated carbocycles. The molecule has 1 aliphatic heterocycles.